The van der Waals surface area contributed by atoms with Crippen molar-refractivity contribution >= 4 is 15.9 Å². The Bertz CT molecular complexity index is 488. The highest BCUT2D eigenvalue weighted by Crippen LogP contribution is 2.20. The molecular weight excluding hydrogens is 301 g/mol. The molecule has 5 heteroatoms. The highest BCUT2D eigenvalue weighted by Gasteiger charge is 2.01. The fourth-order valence-electron chi connectivity index (χ4n) is 1.43. The average Bonchev–Trinajstić information content (AvgIpc) is 2.86. The molecule has 1 aromatic carbocycles. The van der Waals surface area contributed by atoms with Crippen molar-refractivity contribution in [1.29, 1.82) is 0 Å². The quantitative estimate of drug-likeness (QED) is 0.830. The molecular formula is C13H13BrFNO2. The van der Waals surface area contributed by atoms with Gasteiger partial charge in [0.05, 0.1) is 17.3 Å². The second kappa shape index (κ2) is 6.56. The molecule has 0 aliphatic carbocycles. The van der Waals surface area contributed by atoms with Gasteiger partial charge in [-0.15, -0.1) is 0 Å². The molecule has 0 aliphatic heterocycles. The van der Waals surface area contributed by atoms with E-state index in [4.69, 9.17) is 9.15 Å². The molecule has 1 aromatic heterocycles. The first-order chi connectivity index (χ1) is 8.75. The van der Waals surface area contributed by atoms with Crippen LogP contribution in [0.15, 0.2) is 45.5 Å². The maximum Gasteiger partial charge on any atom is 0.141 e. The molecule has 0 radical (unpaired) electrons. The van der Waals surface area contributed by atoms with Crippen LogP contribution < -0.4 is 10.1 Å². The highest BCUT2D eigenvalue weighted by molar-refractivity contribution is 9.10. The lowest BCUT2D eigenvalue weighted by Gasteiger charge is -2.07. The summed E-state index contributed by atoms with van der Waals surface area (Å²) < 4.78 is 24.2. The van der Waals surface area contributed by atoms with Crippen LogP contribution >= 0.6 is 15.9 Å². The molecule has 96 valence electrons. The van der Waals surface area contributed by atoms with Gasteiger partial charge in [0, 0.05) is 12.6 Å². The summed E-state index contributed by atoms with van der Waals surface area (Å²) in [5.41, 5.74) is 0. The molecule has 0 atom stereocenters. The third kappa shape index (κ3) is 3.85. The van der Waals surface area contributed by atoms with Crippen molar-refractivity contribution in [2.45, 2.75) is 6.54 Å². The van der Waals surface area contributed by atoms with E-state index in [9.17, 15) is 4.39 Å². The summed E-state index contributed by atoms with van der Waals surface area (Å²) >= 11 is 3.09. The van der Waals surface area contributed by atoms with E-state index < -0.39 is 0 Å². The molecule has 0 fully saturated rings. The Morgan fingerprint density at radius 2 is 2.22 bits per heavy atom. The first-order valence-electron chi connectivity index (χ1n) is 5.56. The normalized spacial score (nSPS) is 10.6. The van der Waals surface area contributed by atoms with Gasteiger partial charge in [0.1, 0.15) is 23.9 Å². The van der Waals surface area contributed by atoms with Crippen molar-refractivity contribution in [3.63, 3.8) is 0 Å². The third-order valence-corrected chi connectivity index (χ3v) is 2.96. The highest BCUT2D eigenvalue weighted by atomic mass is 79.9. The zero-order valence-corrected chi connectivity index (χ0v) is 11.2. The van der Waals surface area contributed by atoms with Crippen LogP contribution in [-0.4, -0.2) is 13.2 Å². The number of halogens is 2. The van der Waals surface area contributed by atoms with Crippen LogP contribution in [-0.2, 0) is 6.54 Å². The predicted octanol–water partition coefficient (Wildman–Crippen LogP) is 3.35. The van der Waals surface area contributed by atoms with Crippen molar-refractivity contribution in [1.82, 2.24) is 5.32 Å². The molecule has 0 bridgehead atoms. The minimum absolute atomic E-state index is 0.323. The Hall–Kier alpha value is -1.33. The topological polar surface area (TPSA) is 34.4 Å². The number of hydrogen-bond donors (Lipinski definition) is 1. The molecule has 0 saturated carbocycles. The SMILES string of the molecule is Fc1cc(OCCNCc2ccco2)ccc1Br. The lowest BCUT2D eigenvalue weighted by Crippen LogP contribution is -2.20. The standard InChI is InChI=1S/C13H13BrFNO2/c14-12-4-3-10(8-13(12)15)18-7-5-16-9-11-2-1-6-17-11/h1-4,6,8,16H,5,7,9H2. The molecule has 1 heterocycles. The van der Waals surface area contributed by atoms with Crippen LogP contribution in [0.4, 0.5) is 4.39 Å². The lowest BCUT2D eigenvalue weighted by atomic mass is 10.3. The summed E-state index contributed by atoms with van der Waals surface area (Å²) in [6, 6.07) is 8.45. The smallest absolute Gasteiger partial charge is 0.141 e. The van der Waals surface area contributed by atoms with E-state index in [2.05, 4.69) is 21.2 Å². The minimum Gasteiger partial charge on any atom is -0.492 e. The van der Waals surface area contributed by atoms with E-state index in [0.717, 1.165) is 5.76 Å². The number of furan rings is 1. The van der Waals surface area contributed by atoms with Crippen LogP contribution in [0, 0.1) is 5.82 Å². The first-order valence-corrected chi connectivity index (χ1v) is 6.36. The number of hydrogen-bond acceptors (Lipinski definition) is 3. The van der Waals surface area contributed by atoms with Crippen LogP contribution in [0.5, 0.6) is 5.75 Å². The molecule has 0 unspecified atom stereocenters. The van der Waals surface area contributed by atoms with Crippen molar-refractivity contribution < 1.29 is 13.5 Å². The maximum atomic E-state index is 13.2. The van der Waals surface area contributed by atoms with E-state index in [-0.39, 0.29) is 5.82 Å². The van der Waals surface area contributed by atoms with Crippen LogP contribution in [0.1, 0.15) is 5.76 Å². The Labute approximate surface area is 113 Å². The van der Waals surface area contributed by atoms with Gasteiger partial charge in [-0.2, -0.15) is 0 Å². The summed E-state index contributed by atoms with van der Waals surface area (Å²) in [5.74, 6) is 1.08. The molecule has 18 heavy (non-hydrogen) atoms. The second-order valence-electron chi connectivity index (χ2n) is 3.68. The Morgan fingerprint density at radius 3 is 2.94 bits per heavy atom. The van der Waals surface area contributed by atoms with E-state index in [1.165, 1.54) is 6.07 Å². The van der Waals surface area contributed by atoms with Gasteiger partial charge in [-0.3, -0.25) is 0 Å². The number of ether oxygens (including phenoxy) is 1. The molecule has 0 aliphatic rings. The molecule has 0 amide bonds. The monoisotopic (exact) mass is 313 g/mol. The molecule has 2 rings (SSSR count). The van der Waals surface area contributed by atoms with Crippen molar-refractivity contribution in [2.75, 3.05) is 13.2 Å². The summed E-state index contributed by atoms with van der Waals surface area (Å²) in [5, 5.41) is 3.16. The van der Waals surface area contributed by atoms with E-state index in [1.54, 1.807) is 18.4 Å². The average molecular weight is 314 g/mol. The van der Waals surface area contributed by atoms with Gasteiger partial charge < -0.3 is 14.5 Å². The molecule has 2 aromatic rings. The fourth-order valence-corrected chi connectivity index (χ4v) is 1.68. The van der Waals surface area contributed by atoms with Gasteiger partial charge in [-0.25, -0.2) is 4.39 Å². The molecule has 1 N–H and O–H groups in total. The van der Waals surface area contributed by atoms with Crippen molar-refractivity contribution in [3.05, 3.63) is 52.6 Å². The van der Waals surface area contributed by atoms with Crippen molar-refractivity contribution in [2.24, 2.45) is 0 Å². The molecule has 3 nitrogen and oxygen atoms in total. The largest absolute Gasteiger partial charge is 0.492 e. The summed E-state index contributed by atoms with van der Waals surface area (Å²) in [7, 11) is 0. The number of rotatable bonds is 6. The number of benzene rings is 1. The Kier molecular flexibility index (Phi) is 4.78. The zero-order chi connectivity index (χ0) is 12.8. The molecule has 0 spiro atoms. The van der Waals surface area contributed by atoms with Gasteiger partial charge in [0.15, 0.2) is 0 Å². The first kappa shape index (κ1) is 13.1. The fraction of sp³-hybridized carbons (Fsp3) is 0.231. The van der Waals surface area contributed by atoms with Crippen LogP contribution in [0.25, 0.3) is 0 Å². The third-order valence-electron chi connectivity index (χ3n) is 2.32. The van der Waals surface area contributed by atoms with E-state index >= 15 is 0 Å². The van der Waals surface area contributed by atoms with Crippen LogP contribution in [0.3, 0.4) is 0 Å². The number of nitrogens with one attached hydrogen (secondary N) is 1. The van der Waals surface area contributed by atoms with E-state index in [1.807, 2.05) is 12.1 Å². The lowest BCUT2D eigenvalue weighted by molar-refractivity contribution is 0.309. The van der Waals surface area contributed by atoms with Gasteiger partial charge in [0.25, 0.3) is 0 Å². The van der Waals surface area contributed by atoms with Gasteiger partial charge in [-0.05, 0) is 40.2 Å². The van der Waals surface area contributed by atoms with Crippen molar-refractivity contribution in [3.8, 4) is 5.75 Å². The zero-order valence-electron chi connectivity index (χ0n) is 9.66. The minimum atomic E-state index is -0.323. The summed E-state index contributed by atoms with van der Waals surface area (Å²) in [6.07, 6.45) is 1.64. The summed E-state index contributed by atoms with van der Waals surface area (Å²) in [6.45, 7) is 1.80. The maximum absolute atomic E-state index is 13.2. The van der Waals surface area contributed by atoms with Gasteiger partial charge in [-0.1, -0.05) is 0 Å². The van der Waals surface area contributed by atoms with Gasteiger partial charge in [0.2, 0.25) is 0 Å². The Balaban J connectivity index is 1.67. The summed E-state index contributed by atoms with van der Waals surface area (Å²) in [4.78, 5) is 0. The Morgan fingerprint density at radius 1 is 1.33 bits per heavy atom. The van der Waals surface area contributed by atoms with Crippen LogP contribution in [0.2, 0.25) is 0 Å². The predicted molar refractivity (Wildman–Crippen MR) is 70.0 cm³/mol. The molecule has 0 saturated heterocycles. The van der Waals surface area contributed by atoms with Gasteiger partial charge >= 0.3 is 0 Å². The second-order valence-corrected chi connectivity index (χ2v) is 4.53. The van der Waals surface area contributed by atoms with E-state index in [0.29, 0.717) is 29.9 Å².